The van der Waals surface area contributed by atoms with Crippen molar-refractivity contribution in [2.75, 3.05) is 19.6 Å². The average Bonchev–Trinajstić information content (AvgIpc) is 2.17. The maximum absolute atomic E-state index is 3.54. The number of nitrogens with zero attached hydrogens (tertiary/aromatic N) is 1. The number of nitrogens with one attached hydrogen (secondary N) is 1. The first-order chi connectivity index (χ1) is 7.18. The molecule has 0 bridgehead atoms. The topological polar surface area (TPSA) is 15.3 Å². The van der Waals surface area contributed by atoms with E-state index in [-0.39, 0.29) is 0 Å². The van der Waals surface area contributed by atoms with Gasteiger partial charge in [0.05, 0.1) is 0 Å². The molecule has 3 atom stereocenters. The van der Waals surface area contributed by atoms with Crippen molar-refractivity contribution in [2.45, 2.75) is 52.1 Å². The molecule has 1 N–H and O–H groups in total. The minimum absolute atomic E-state index is 0.681. The quantitative estimate of drug-likeness (QED) is 0.713. The summed E-state index contributed by atoms with van der Waals surface area (Å²) in [6.45, 7) is 10.9. The highest BCUT2D eigenvalue weighted by Gasteiger charge is 2.33. The van der Waals surface area contributed by atoms with E-state index >= 15 is 0 Å². The van der Waals surface area contributed by atoms with Gasteiger partial charge in [-0.3, -0.25) is 4.90 Å². The second-order valence-electron chi connectivity index (χ2n) is 5.73. The van der Waals surface area contributed by atoms with Gasteiger partial charge in [0, 0.05) is 31.7 Å². The van der Waals surface area contributed by atoms with E-state index in [1.165, 1.54) is 38.9 Å². The van der Waals surface area contributed by atoms with E-state index < -0.39 is 0 Å². The summed E-state index contributed by atoms with van der Waals surface area (Å²) in [6, 6.07) is 1.53. The molecule has 2 aliphatic rings. The van der Waals surface area contributed by atoms with Crippen molar-refractivity contribution in [1.29, 1.82) is 0 Å². The van der Waals surface area contributed by atoms with Gasteiger partial charge in [0.2, 0.25) is 0 Å². The Hall–Kier alpha value is -0.0800. The van der Waals surface area contributed by atoms with E-state index in [9.17, 15) is 0 Å². The molecule has 15 heavy (non-hydrogen) atoms. The number of piperazine rings is 1. The van der Waals surface area contributed by atoms with E-state index in [0.717, 1.165) is 17.9 Å². The van der Waals surface area contributed by atoms with Gasteiger partial charge in [0.1, 0.15) is 0 Å². The lowest BCUT2D eigenvalue weighted by Gasteiger charge is -2.45. The van der Waals surface area contributed by atoms with Crippen LogP contribution >= 0.6 is 0 Å². The third-order valence-electron chi connectivity index (χ3n) is 4.31. The predicted molar refractivity (Wildman–Crippen MR) is 65.0 cm³/mol. The van der Waals surface area contributed by atoms with Gasteiger partial charge in [-0.25, -0.2) is 0 Å². The smallest absolute Gasteiger partial charge is 0.0167 e. The molecule has 0 spiro atoms. The highest BCUT2D eigenvalue weighted by Crippen LogP contribution is 2.33. The predicted octanol–water partition coefficient (Wildman–Crippen LogP) is 2.10. The van der Waals surface area contributed by atoms with Gasteiger partial charge in [0.15, 0.2) is 0 Å². The zero-order valence-electron chi connectivity index (χ0n) is 10.5. The molecular weight excluding hydrogens is 184 g/mol. The Labute approximate surface area is 94.4 Å². The van der Waals surface area contributed by atoms with Crippen LogP contribution in [0.25, 0.3) is 0 Å². The molecule has 88 valence electrons. The minimum atomic E-state index is 0.681. The summed E-state index contributed by atoms with van der Waals surface area (Å²) < 4.78 is 0. The largest absolute Gasteiger partial charge is 0.312 e. The van der Waals surface area contributed by atoms with E-state index in [1.54, 1.807) is 0 Å². The normalized spacial score (nSPS) is 44.2. The molecule has 1 saturated carbocycles. The summed E-state index contributed by atoms with van der Waals surface area (Å²) in [6.07, 6.45) is 4.32. The van der Waals surface area contributed by atoms with Crippen molar-refractivity contribution in [2.24, 2.45) is 11.8 Å². The zero-order valence-corrected chi connectivity index (χ0v) is 10.5. The molecule has 1 aliphatic carbocycles. The third-order valence-corrected chi connectivity index (χ3v) is 4.31. The molecule has 0 aromatic rings. The van der Waals surface area contributed by atoms with Gasteiger partial charge in [-0.1, -0.05) is 20.3 Å². The van der Waals surface area contributed by atoms with Gasteiger partial charge in [0.25, 0.3) is 0 Å². The molecule has 1 saturated heterocycles. The van der Waals surface area contributed by atoms with E-state index in [4.69, 9.17) is 0 Å². The molecule has 2 heteroatoms. The molecule has 0 radical (unpaired) electrons. The fourth-order valence-corrected chi connectivity index (χ4v) is 3.62. The lowest BCUT2D eigenvalue weighted by molar-refractivity contribution is 0.0484. The summed E-state index contributed by atoms with van der Waals surface area (Å²) in [5, 5.41) is 3.54. The van der Waals surface area contributed by atoms with Crippen LogP contribution in [0.4, 0.5) is 0 Å². The highest BCUT2D eigenvalue weighted by molar-refractivity contribution is 4.89. The van der Waals surface area contributed by atoms with Gasteiger partial charge in [-0.2, -0.15) is 0 Å². The maximum atomic E-state index is 3.54. The van der Waals surface area contributed by atoms with Crippen LogP contribution in [-0.2, 0) is 0 Å². The fraction of sp³-hybridized carbons (Fsp3) is 1.00. The standard InChI is InChI=1S/C13H26N2/c1-10-5-4-6-11(2)13(10)15-8-7-14-12(3)9-15/h10-14H,4-9H2,1-3H3. The molecule has 1 aliphatic heterocycles. The van der Waals surface area contributed by atoms with Gasteiger partial charge >= 0.3 is 0 Å². The number of rotatable bonds is 1. The summed E-state index contributed by atoms with van der Waals surface area (Å²) >= 11 is 0. The molecule has 0 amide bonds. The first kappa shape index (κ1) is 11.4. The van der Waals surface area contributed by atoms with Crippen molar-refractivity contribution in [3.8, 4) is 0 Å². The summed E-state index contributed by atoms with van der Waals surface area (Å²) in [7, 11) is 0. The summed E-state index contributed by atoms with van der Waals surface area (Å²) in [5.41, 5.74) is 0. The van der Waals surface area contributed by atoms with Crippen LogP contribution < -0.4 is 5.32 Å². The Bertz CT molecular complexity index is 195. The molecule has 3 unspecified atom stereocenters. The van der Waals surface area contributed by atoms with E-state index in [2.05, 4.69) is 31.0 Å². The second-order valence-corrected chi connectivity index (χ2v) is 5.73. The Morgan fingerprint density at radius 1 is 1.07 bits per heavy atom. The van der Waals surface area contributed by atoms with Crippen molar-refractivity contribution >= 4 is 0 Å². The average molecular weight is 210 g/mol. The van der Waals surface area contributed by atoms with Crippen LogP contribution in [-0.4, -0.2) is 36.6 Å². The Kier molecular flexibility index (Phi) is 3.68. The van der Waals surface area contributed by atoms with Crippen molar-refractivity contribution in [1.82, 2.24) is 10.2 Å². The highest BCUT2D eigenvalue weighted by atomic mass is 15.2. The van der Waals surface area contributed by atoms with Crippen molar-refractivity contribution in [3.05, 3.63) is 0 Å². The molecule has 1 heterocycles. The third kappa shape index (κ3) is 2.54. The van der Waals surface area contributed by atoms with Crippen LogP contribution in [0, 0.1) is 11.8 Å². The minimum Gasteiger partial charge on any atom is -0.312 e. The van der Waals surface area contributed by atoms with Crippen molar-refractivity contribution < 1.29 is 0 Å². The molecule has 2 fully saturated rings. The molecule has 0 aromatic heterocycles. The lowest BCUT2D eigenvalue weighted by Crippen LogP contribution is -2.56. The van der Waals surface area contributed by atoms with Gasteiger partial charge in [-0.05, 0) is 31.6 Å². The molecule has 0 aromatic carbocycles. The second kappa shape index (κ2) is 4.84. The van der Waals surface area contributed by atoms with E-state index in [1.807, 2.05) is 0 Å². The number of hydrogen-bond donors (Lipinski definition) is 1. The summed E-state index contributed by atoms with van der Waals surface area (Å²) in [4.78, 5) is 2.75. The Balaban J connectivity index is 1.99. The van der Waals surface area contributed by atoms with Crippen LogP contribution in [0.2, 0.25) is 0 Å². The van der Waals surface area contributed by atoms with Crippen molar-refractivity contribution in [3.63, 3.8) is 0 Å². The SMILES string of the molecule is CC1CN(C2C(C)CCCC2C)CCN1. The Morgan fingerprint density at radius 3 is 2.33 bits per heavy atom. The van der Waals surface area contributed by atoms with Crippen LogP contribution in [0.3, 0.4) is 0 Å². The van der Waals surface area contributed by atoms with E-state index in [0.29, 0.717) is 6.04 Å². The van der Waals surface area contributed by atoms with Gasteiger partial charge < -0.3 is 5.32 Å². The first-order valence-corrected chi connectivity index (χ1v) is 6.66. The molecule has 2 rings (SSSR count). The van der Waals surface area contributed by atoms with Gasteiger partial charge in [-0.15, -0.1) is 0 Å². The van der Waals surface area contributed by atoms with Crippen LogP contribution in [0.5, 0.6) is 0 Å². The monoisotopic (exact) mass is 210 g/mol. The molecular formula is C13H26N2. The fourth-order valence-electron chi connectivity index (χ4n) is 3.62. The van der Waals surface area contributed by atoms with Crippen LogP contribution in [0.1, 0.15) is 40.0 Å². The Morgan fingerprint density at radius 2 is 1.73 bits per heavy atom. The van der Waals surface area contributed by atoms with Crippen LogP contribution in [0.15, 0.2) is 0 Å². The molecule has 2 nitrogen and oxygen atoms in total. The first-order valence-electron chi connectivity index (χ1n) is 6.66. The number of hydrogen-bond acceptors (Lipinski definition) is 2. The lowest BCUT2D eigenvalue weighted by atomic mass is 9.77. The maximum Gasteiger partial charge on any atom is 0.0167 e. The zero-order chi connectivity index (χ0) is 10.8. The summed E-state index contributed by atoms with van der Waals surface area (Å²) in [5.74, 6) is 1.80.